The third-order valence-corrected chi connectivity index (χ3v) is 4.85. The third-order valence-electron chi connectivity index (χ3n) is 4.68. The highest BCUT2D eigenvalue weighted by Crippen LogP contribution is 2.31. The van der Waals surface area contributed by atoms with Crippen molar-refractivity contribution in [2.75, 3.05) is 0 Å². The lowest BCUT2D eigenvalue weighted by Crippen LogP contribution is -1.91. The number of fused-ring (bicyclic) bond motifs is 2. The van der Waals surface area contributed by atoms with Crippen LogP contribution in [-0.2, 0) is 0 Å². The average molecular weight is 368 g/mol. The molecule has 128 valence electrons. The predicted octanol–water partition coefficient (Wildman–Crippen LogP) is 6.17. The van der Waals surface area contributed by atoms with Crippen LogP contribution < -0.4 is 0 Å². The van der Waals surface area contributed by atoms with Crippen molar-refractivity contribution in [3.05, 3.63) is 90.3 Å². The van der Waals surface area contributed by atoms with Crippen molar-refractivity contribution in [3.8, 4) is 22.4 Å². The second-order valence-corrected chi connectivity index (χ2v) is 6.65. The summed E-state index contributed by atoms with van der Waals surface area (Å²) in [5, 5.41) is 2.38. The first kappa shape index (κ1) is 15.9. The summed E-state index contributed by atoms with van der Waals surface area (Å²) in [6, 6.07) is 26.5. The first-order valence-electron chi connectivity index (χ1n) is 8.66. The monoisotopic (exact) mass is 367 g/mol. The number of nitrogens with zero attached hydrogens (tertiary/aromatic N) is 3. The fourth-order valence-electron chi connectivity index (χ4n) is 3.41. The Kier molecular flexibility index (Phi) is 3.80. The molecule has 0 aliphatic rings. The SMILES string of the molecule is Clc1nc(-c2ccc(-c3cccc4cccnc34)cc2)c2ccccc2n1. The number of hydrogen-bond donors (Lipinski definition) is 0. The van der Waals surface area contributed by atoms with Gasteiger partial charge in [-0.05, 0) is 29.3 Å². The molecule has 0 atom stereocenters. The van der Waals surface area contributed by atoms with Crippen LogP contribution >= 0.6 is 11.6 Å². The number of hydrogen-bond acceptors (Lipinski definition) is 3. The highest BCUT2D eigenvalue weighted by Gasteiger charge is 2.10. The fourth-order valence-corrected chi connectivity index (χ4v) is 3.59. The number of halogens is 1. The van der Waals surface area contributed by atoms with Crippen LogP contribution in [0.2, 0.25) is 5.28 Å². The molecule has 3 nitrogen and oxygen atoms in total. The molecule has 0 aliphatic carbocycles. The minimum Gasteiger partial charge on any atom is -0.256 e. The smallest absolute Gasteiger partial charge is 0.223 e. The summed E-state index contributed by atoms with van der Waals surface area (Å²) in [5.41, 5.74) is 5.93. The second-order valence-electron chi connectivity index (χ2n) is 6.32. The van der Waals surface area contributed by atoms with Gasteiger partial charge in [0.05, 0.1) is 16.7 Å². The predicted molar refractivity (Wildman–Crippen MR) is 111 cm³/mol. The molecular formula is C23H14ClN3. The minimum atomic E-state index is 0.256. The molecule has 0 bridgehead atoms. The van der Waals surface area contributed by atoms with Crippen LogP contribution in [0.4, 0.5) is 0 Å². The van der Waals surface area contributed by atoms with Crippen molar-refractivity contribution in [2.24, 2.45) is 0 Å². The number of benzene rings is 3. The Hall–Kier alpha value is -3.30. The van der Waals surface area contributed by atoms with Crippen LogP contribution in [0.15, 0.2) is 85.1 Å². The molecule has 2 aromatic heterocycles. The molecule has 5 rings (SSSR count). The molecule has 0 amide bonds. The highest BCUT2D eigenvalue weighted by atomic mass is 35.5. The highest BCUT2D eigenvalue weighted by molar-refractivity contribution is 6.28. The van der Waals surface area contributed by atoms with Crippen LogP contribution in [0.5, 0.6) is 0 Å². The lowest BCUT2D eigenvalue weighted by molar-refractivity contribution is 1.22. The molecule has 2 heterocycles. The zero-order chi connectivity index (χ0) is 18.2. The molecule has 0 spiro atoms. The van der Waals surface area contributed by atoms with E-state index in [0.717, 1.165) is 44.2 Å². The van der Waals surface area contributed by atoms with Crippen LogP contribution in [0.25, 0.3) is 44.2 Å². The van der Waals surface area contributed by atoms with Gasteiger partial charge in [0, 0.05) is 28.1 Å². The third kappa shape index (κ3) is 2.82. The van der Waals surface area contributed by atoms with Crippen LogP contribution in [0.3, 0.4) is 0 Å². The number of pyridine rings is 1. The summed E-state index contributed by atoms with van der Waals surface area (Å²) in [5.74, 6) is 0. The van der Waals surface area contributed by atoms with Gasteiger partial charge in [-0.25, -0.2) is 9.97 Å². The zero-order valence-electron chi connectivity index (χ0n) is 14.3. The molecule has 0 saturated carbocycles. The van der Waals surface area contributed by atoms with E-state index in [9.17, 15) is 0 Å². The Labute approximate surface area is 161 Å². The van der Waals surface area contributed by atoms with Gasteiger partial charge in [-0.15, -0.1) is 0 Å². The zero-order valence-corrected chi connectivity index (χ0v) is 15.1. The fraction of sp³-hybridized carbons (Fsp3) is 0. The van der Waals surface area contributed by atoms with Gasteiger partial charge in [0.15, 0.2) is 0 Å². The van der Waals surface area contributed by atoms with Gasteiger partial charge < -0.3 is 0 Å². The number of aromatic nitrogens is 3. The van der Waals surface area contributed by atoms with Gasteiger partial charge in [0.2, 0.25) is 5.28 Å². The lowest BCUT2D eigenvalue weighted by atomic mass is 9.99. The molecule has 0 radical (unpaired) electrons. The average Bonchev–Trinajstić information content (AvgIpc) is 2.73. The van der Waals surface area contributed by atoms with Crippen molar-refractivity contribution in [1.29, 1.82) is 0 Å². The van der Waals surface area contributed by atoms with E-state index in [1.165, 1.54) is 0 Å². The van der Waals surface area contributed by atoms with Gasteiger partial charge >= 0.3 is 0 Å². The van der Waals surface area contributed by atoms with E-state index in [2.05, 4.69) is 63.5 Å². The van der Waals surface area contributed by atoms with Crippen LogP contribution in [0.1, 0.15) is 0 Å². The van der Waals surface area contributed by atoms with Crippen molar-refractivity contribution in [2.45, 2.75) is 0 Å². The van der Waals surface area contributed by atoms with Gasteiger partial charge in [-0.3, -0.25) is 4.98 Å². The number of rotatable bonds is 2. The summed E-state index contributed by atoms with van der Waals surface area (Å²) >= 11 is 6.14. The Balaban J connectivity index is 1.64. The molecule has 5 aromatic rings. The van der Waals surface area contributed by atoms with E-state index in [-0.39, 0.29) is 5.28 Å². The normalized spacial score (nSPS) is 11.1. The molecule has 0 N–H and O–H groups in total. The Morgan fingerprint density at radius 3 is 2.33 bits per heavy atom. The lowest BCUT2D eigenvalue weighted by Gasteiger charge is -2.09. The first-order chi connectivity index (χ1) is 13.3. The maximum absolute atomic E-state index is 6.14. The van der Waals surface area contributed by atoms with Gasteiger partial charge in [0.1, 0.15) is 0 Å². The summed E-state index contributed by atoms with van der Waals surface area (Å²) < 4.78 is 0. The minimum absolute atomic E-state index is 0.256. The van der Waals surface area contributed by atoms with Gasteiger partial charge in [-0.1, -0.05) is 66.7 Å². The van der Waals surface area contributed by atoms with Crippen molar-refractivity contribution < 1.29 is 0 Å². The standard InChI is InChI=1S/C23H14ClN3/c24-23-26-20-9-2-1-7-19(20)22(27-23)17-12-10-15(11-13-17)18-8-3-5-16-6-4-14-25-21(16)18/h1-14H. The maximum Gasteiger partial charge on any atom is 0.223 e. The molecule has 3 aromatic carbocycles. The Bertz CT molecular complexity index is 1270. The summed E-state index contributed by atoms with van der Waals surface area (Å²) in [6.45, 7) is 0. The van der Waals surface area contributed by atoms with Crippen molar-refractivity contribution in [3.63, 3.8) is 0 Å². The van der Waals surface area contributed by atoms with Crippen molar-refractivity contribution in [1.82, 2.24) is 15.0 Å². The Morgan fingerprint density at radius 1 is 0.667 bits per heavy atom. The van der Waals surface area contributed by atoms with E-state index in [4.69, 9.17) is 11.6 Å². The van der Waals surface area contributed by atoms with E-state index in [0.29, 0.717) is 0 Å². The van der Waals surface area contributed by atoms with Crippen molar-refractivity contribution >= 4 is 33.4 Å². The first-order valence-corrected chi connectivity index (χ1v) is 9.04. The summed E-state index contributed by atoms with van der Waals surface area (Å²) in [6.07, 6.45) is 1.83. The van der Waals surface area contributed by atoms with E-state index < -0.39 is 0 Å². The number of para-hydroxylation sites is 2. The van der Waals surface area contributed by atoms with Crippen LogP contribution in [0, 0.1) is 0 Å². The quantitative estimate of drug-likeness (QED) is 0.350. The molecule has 0 fully saturated rings. The molecular weight excluding hydrogens is 354 g/mol. The van der Waals surface area contributed by atoms with E-state index in [1.54, 1.807) is 0 Å². The topological polar surface area (TPSA) is 38.7 Å². The second kappa shape index (κ2) is 6.45. The largest absolute Gasteiger partial charge is 0.256 e. The summed E-state index contributed by atoms with van der Waals surface area (Å²) in [7, 11) is 0. The molecule has 0 saturated heterocycles. The maximum atomic E-state index is 6.14. The Morgan fingerprint density at radius 2 is 1.44 bits per heavy atom. The summed E-state index contributed by atoms with van der Waals surface area (Å²) in [4.78, 5) is 13.3. The van der Waals surface area contributed by atoms with E-state index in [1.807, 2.05) is 36.5 Å². The molecule has 0 aliphatic heterocycles. The van der Waals surface area contributed by atoms with Gasteiger partial charge in [-0.2, -0.15) is 0 Å². The molecule has 27 heavy (non-hydrogen) atoms. The molecule has 0 unspecified atom stereocenters. The van der Waals surface area contributed by atoms with E-state index >= 15 is 0 Å². The van der Waals surface area contributed by atoms with Gasteiger partial charge in [0.25, 0.3) is 0 Å². The molecule has 4 heteroatoms. The van der Waals surface area contributed by atoms with Crippen LogP contribution in [-0.4, -0.2) is 15.0 Å².